The molecule has 0 aliphatic carbocycles. The third-order valence-electron chi connectivity index (χ3n) is 8.28. The first-order valence-electron chi connectivity index (χ1n) is 19.4. The van der Waals surface area contributed by atoms with Crippen molar-refractivity contribution in [3.8, 4) is 29.9 Å². The molecule has 4 aromatic rings. The zero-order valence-corrected chi connectivity index (χ0v) is 42.0. The van der Waals surface area contributed by atoms with E-state index in [1.807, 2.05) is 9.88 Å². The summed E-state index contributed by atoms with van der Waals surface area (Å²) < 4.78 is 96.9. The first kappa shape index (κ1) is 56.6. The van der Waals surface area contributed by atoms with Crippen LogP contribution in [0.25, 0.3) is 0 Å². The van der Waals surface area contributed by atoms with Crippen LogP contribution < -0.4 is 44.2 Å². The van der Waals surface area contributed by atoms with Crippen LogP contribution in [-0.4, -0.2) is 133 Å². The number of ether oxygens (including phenoxy) is 3. The number of fused-ring (bicyclic) bond motifs is 2. The number of hydrogen-bond donors (Lipinski definition) is 5. The van der Waals surface area contributed by atoms with Gasteiger partial charge < -0.3 is 38.2 Å². The molecule has 0 bridgehead atoms. The molecule has 0 saturated carbocycles. The molecule has 3 amide bonds. The van der Waals surface area contributed by atoms with Crippen molar-refractivity contribution in [1.29, 1.82) is 0 Å². The summed E-state index contributed by atoms with van der Waals surface area (Å²) in [5, 5.41) is 11.3. The number of rotatable bonds is 13. The molecule has 0 spiro atoms. The summed E-state index contributed by atoms with van der Waals surface area (Å²) in [7, 11) is -9.56. The summed E-state index contributed by atoms with van der Waals surface area (Å²) in [5.74, 6) is 1.23. The maximum Gasteiger partial charge on any atom is 0.335 e. The molecular weight excluding hydrogens is 999 g/mol. The first-order valence-corrected chi connectivity index (χ1v) is 27.5. The number of aromatic nitrogens is 5. The van der Waals surface area contributed by atoms with E-state index in [9.17, 15) is 45.1 Å². The molecule has 372 valence electrons. The monoisotopic (exact) mass is 1050 g/mol. The van der Waals surface area contributed by atoms with Crippen molar-refractivity contribution >= 4 is 85.1 Å². The van der Waals surface area contributed by atoms with Crippen LogP contribution >= 0.6 is 19.1 Å². The van der Waals surface area contributed by atoms with Gasteiger partial charge in [0.1, 0.15) is 29.8 Å². The Labute approximate surface area is 398 Å². The number of sulfone groups is 1. The molecule has 5 N–H and O–H groups in total. The number of carboxylic acids is 1. The molecule has 2 aliphatic rings. The molecule has 0 saturated heterocycles. The second-order valence-electron chi connectivity index (χ2n) is 15.1. The largest absolute Gasteiger partial charge is 0.778 e. The van der Waals surface area contributed by atoms with Gasteiger partial charge in [0.2, 0.25) is 22.5 Å². The van der Waals surface area contributed by atoms with Crippen molar-refractivity contribution in [2.45, 2.75) is 43.7 Å². The maximum atomic E-state index is 14.5. The molecule has 0 radical (unpaired) electrons. The van der Waals surface area contributed by atoms with Crippen LogP contribution in [0.15, 0.2) is 51.4 Å². The van der Waals surface area contributed by atoms with Crippen LogP contribution in [0.3, 0.4) is 0 Å². The number of nitrogens with one attached hydrogen (secondary N) is 3. The van der Waals surface area contributed by atoms with Crippen molar-refractivity contribution in [3.63, 3.8) is 0 Å². The fourth-order valence-electron chi connectivity index (χ4n) is 5.49. The van der Waals surface area contributed by atoms with E-state index in [-0.39, 0.29) is 53.6 Å². The highest BCUT2D eigenvalue weighted by molar-refractivity contribution is 7.94. The van der Waals surface area contributed by atoms with Gasteiger partial charge in [-0.15, -0.1) is 6.42 Å². The van der Waals surface area contributed by atoms with Gasteiger partial charge in [0.05, 0.1) is 69.9 Å². The zero-order chi connectivity index (χ0) is 51.2. The molecule has 6 rings (SSSR count). The van der Waals surface area contributed by atoms with Crippen molar-refractivity contribution in [1.82, 2.24) is 33.9 Å². The highest BCUT2D eigenvalue weighted by Gasteiger charge is 2.32. The average Bonchev–Trinajstić information content (AvgIpc) is 3.76. The van der Waals surface area contributed by atoms with Gasteiger partial charge in [0, 0.05) is 36.8 Å². The molecule has 0 fully saturated rings. The summed E-state index contributed by atoms with van der Waals surface area (Å²) in [6, 6.07) is 5.23. The van der Waals surface area contributed by atoms with Crippen molar-refractivity contribution in [2.24, 2.45) is 10.4 Å². The van der Waals surface area contributed by atoms with Gasteiger partial charge in [-0.2, -0.15) is 22.8 Å². The number of hydrogen-bond acceptors (Lipinski definition) is 19. The lowest BCUT2D eigenvalue weighted by Gasteiger charge is -2.28. The minimum atomic E-state index is -4.61. The Morgan fingerprint density at radius 1 is 1.15 bits per heavy atom. The number of methoxy groups -OCH3 is 2. The van der Waals surface area contributed by atoms with Gasteiger partial charge >= 0.3 is 12.0 Å². The van der Waals surface area contributed by atoms with Crippen LogP contribution in [-0.2, 0) is 57.9 Å². The van der Waals surface area contributed by atoms with Crippen LogP contribution in [0.2, 0.25) is 0 Å². The number of carboxylic acid groups (broad SMARTS) is 1. The van der Waals surface area contributed by atoms with E-state index in [4.69, 9.17) is 30.6 Å². The van der Waals surface area contributed by atoms with Crippen molar-refractivity contribution in [2.75, 3.05) is 74.9 Å². The predicted octanol–water partition coefficient (Wildman–Crippen LogP) is 1.11. The molecule has 1 unspecified atom stereocenters. The minimum absolute atomic E-state index is 0.0612. The number of benzene rings is 1. The molecule has 68 heavy (non-hydrogen) atoms. The number of carbonyl (C=O) groups is 3. The second kappa shape index (κ2) is 24.5. The van der Waals surface area contributed by atoms with E-state index in [1.54, 1.807) is 4.72 Å². The normalized spacial score (nSPS) is 14.7. The standard InChI is InChI=1S/C18H17FN4O2S.C14H17N5O7S2.C3H8NO5P.C3H9S/c1-4-5-22-13-7-12(11(19)6-14(13)25-9-16(22)24)20-17-23-10-18(2,3)8-15(23)21-26-17;1-4-27(21,22)9-6-5-7-15-12(9)28(23,24)19-14(20)18-13-16-10(25-2)8-11(17-13)26-3;5-3(6)1-4-2-10(7,8)9;1-4(2)3/h1,6-7H,5,8-10H2,2-3H3;5-8H,4H2,1-3H3,(H2,16,17,18,19,20);4H,1-2H2,(H,5,6)(H2,7,8,9);1-3H3/q;;;+1/p-1/b20-17-;;;. The van der Waals surface area contributed by atoms with Crippen molar-refractivity contribution < 1.29 is 69.3 Å². The summed E-state index contributed by atoms with van der Waals surface area (Å²) in [6.45, 7) is 5.93. The van der Waals surface area contributed by atoms with Gasteiger partial charge in [-0.1, -0.05) is 26.7 Å². The van der Waals surface area contributed by atoms with Gasteiger partial charge in [-0.3, -0.25) is 25.1 Å². The molecule has 2 aliphatic heterocycles. The highest BCUT2D eigenvalue weighted by atomic mass is 32.2. The third kappa shape index (κ3) is 17.1. The maximum absolute atomic E-state index is 14.5. The average molecular weight is 1050 g/mol. The lowest BCUT2D eigenvalue weighted by atomic mass is 9.92. The van der Waals surface area contributed by atoms with E-state index >= 15 is 0 Å². The Hall–Kier alpha value is -5.73. The predicted molar refractivity (Wildman–Crippen MR) is 248 cm³/mol. The Morgan fingerprint density at radius 3 is 2.34 bits per heavy atom. The first-order chi connectivity index (χ1) is 31.6. The Balaban J connectivity index is 0.000000283. The quantitative estimate of drug-likeness (QED) is 0.0711. The van der Waals surface area contributed by atoms with E-state index in [2.05, 4.69) is 68.2 Å². The summed E-state index contributed by atoms with van der Waals surface area (Å²) in [4.78, 5) is 69.1. The van der Waals surface area contributed by atoms with E-state index in [1.165, 1.54) is 61.8 Å². The van der Waals surface area contributed by atoms with Crippen LogP contribution in [0.4, 0.5) is 26.5 Å². The number of sulfonamides is 1. The fourth-order valence-corrected chi connectivity index (χ4v) is 9.19. The lowest BCUT2D eigenvalue weighted by molar-refractivity contribution is -0.193. The van der Waals surface area contributed by atoms with Gasteiger partial charge in [-0.05, 0) is 34.5 Å². The molecule has 1 atom stereocenters. The van der Waals surface area contributed by atoms with Crippen LogP contribution in [0.5, 0.6) is 17.5 Å². The highest BCUT2D eigenvalue weighted by Crippen LogP contribution is 2.37. The second-order valence-corrected chi connectivity index (χ2v) is 23.7. The number of halogens is 1. The summed E-state index contributed by atoms with van der Waals surface area (Å²) >= 11 is 1.24. The van der Waals surface area contributed by atoms with E-state index in [0.29, 0.717) is 27.1 Å². The Kier molecular flexibility index (Phi) is 20.4. The smallest absolute Gasteiger partial charge is 0.335 e. The number of nitrogens with zero attached hydrogens (tertiary/aromatic N) is 7. The lowest BCUT2D eigenvalue weighted by Crippen LogP contribution is -2.39. The summed E-state index contributed by atoms with van der Waals surface area (Å²) in [5.41, 5.74) is 0.678. The van der Waals surface area contributed by atoms with Gasteiger partial charge in [0.15, 0.2) is 27.3 Å². The number of amides is 3. The molecule has 3 aromatic heterocycles. The number of carbonyl (C=O) groups excluding carboxylic acids is 2. The van der Waals surface area contributed by atoms with Crippen LogP contribution in [0, 0.1) is 23.6 Å². The van der Waals surface area contributed by atoms with Gasteiger partial charge in [0.25, 0.3) is 15.9 Å². The zero-order valence-electron chi connectivity index (χ0n) is 37.9. The van der Waals surface area contributed by atoms with E-state index in [0.717, 1.165) is 31.1 Å². The number of anilines is 2. The SMILES string of the molecule is C#CCN1C(=O)COc2cc(F)c(/N=c3\snc4n3CC(C)(C)C4)cc21.CCS(=O)(=O)c1cccnc1S(=O)(=O)NC(=O)Nc1nc(OC)cc(OC)n1.C[S+](C)C.O=C(O)CNCP(=O)([O-])O. The van der Waals surface area contributed by atoms with E-state index < -0.39 is 68.0 Å². The topological polar surface area (TPSA) is 336 Å². The summed E-state index contributed by atoms with van der Waals surface area (Å²) in [6.07, 6.45) is 13.2. The molecule has 24 nitrogen and oxygen atoms in total. The molecule has 1 aromatic carbocycles. The van der Waals surface area contributed by atoms with Crippen LogP contribution in [0.1, 0.15) is 26.6 Å². The Morgan fingerprint density at radius 2 is 1.78 bits per heavy atom. The molecule has 30 heteroatoms. The molecular formula is C38H50FN10O14PS4. The Bertz CT molecular complexity index is 2830. The number of aliphatic carboxylic acids is 1. The number of urea groups is 1. The number of terminal acetylenes is 1. The third-order valence-corrected chi connectivity index (χ3v) is 12.9. The minimum Gasteiger partial charge on any atom is -0.778 e. The fraction of sp³-hybridized carbons (Fsp3) is 0.421. The number of pyridine rings is 1. The van der Waals surface area contributed by atoms with Gasteiger partial charge in [-0.25, -0.2) is 32.3 Å². The van der Waals surface area contributed by atoms with Crippen molar-refractivity contribution in [3.05, 3.63) is 53.0 Å². The molecule has 5 heterocycles.